The van der Waals surface area contributed by atoms with E-state index in [1.54, 1.807) is 12.1 Å². The van der Waals surface area contributed by atoms with Crippen LogP contribution in [0.3, 0.4) is 0 Å². The average Bonchev–Trinajstić information content (AvgIpc) is 2.78. The standard InChI is InChI=1S/C22H19ClF2N4O3/c1-3-32-21(30)19(29-27)18(12-13-26)22(24,25)20(14-4-6-15(23)7-5-14)28-16-8-10-17(31-2)11-9-16/h4-12,20,28H,3H2,1-2H3/p+1/b18-12+,21-19-. The highest BCUT2D eigenvalue weighted by Crippen LogP contribution is 2.44. The highest BCUT2D eigenvalue weighted by atomic mass is 35.5. The molecule has 0 spiro atoms. The number of aliphatic hydroxyl groups is 1. The van der Waals surface area contributed by atoms with E-state index in [9.17, 15) is 10.5 Å². The number of alkyl halides is 2. The smallest absolute Gasteiger partial charge is 0.473 e. The second-order valence-corrected chi connectivity index (χ2v) is 6.79. The normalized spacial score (nSPS) is 13.3. The highest BCUT2D eigenvalue weighted by molar-refractivity contribution is 6.30. The molecule has 2 rings (SSSR count). The Balaban J connectivity index is 2.63. The quantitative estimate of drug-likeness (QED) is 0.199. The Morgan fingerprint density at radius 1 is 1.25 bits per heavy atom. The molecule has 0 bridgehead atoms. The number of nitrogens with zero attached hydrogens (tertiary/aromatic N) is 3. The Labute approximate surface area is 188 Å². The van der Waals surface area contributed by atoms with Gasteiger partial charge in [-0.1, -0.05) is 23.7 Å². The number of nitrogens with one attached hydrogen (secondary N) is 1. The molecule has 166 valence electrons. The largest absolute Gasteiger partial charge is 0.497 e. The summed E-state index contributed by atoms with van der Waals surface area (Å²) in [4.78, 5) is 2.75. The van der Waals surface area contributed by atoms with Gasteiger partial charge in [0.05, 0.1) is 19.8 Å². The van der Waals surface area contributed by atoms with E-state index < -0.39 is 29.2 Å². The van der Waals surface area contributed by atoms with Crippen LogP contribution >= 0.6 is 11.6 Å². The van der Waals surface area contributed by atoms with Crippen molar-refractivity contribution < 1.29 is 23.4 Å². The van der Waals surface area contributed by atoms with E-state index in [2.05, 4.69) is 10.3 Å². The van der Waals surface area contributed by atoms with Crippen LogP contribution in [0.4, 0.5) is 14.5 Å². The van der Waals surface area contributed by atoms with Gasteiger partial charge >= 0.3 is 17.6 Å². The van der Waals surface area contributed by atoms with Gasteiger partial charge in [0.2, 0.25) is 5.39 Å². The van der Waals surface area contributed by atoms with Crippen molar-refractivity contribution in [2.45, 2.75) is 18.9 Å². The van der Waals surface area contributed by atoms with Crippen molar-refractivity contribution in [1.82, 2.24) is 0 Å². The number of halogens is 3. The number of hydrogen-bond donors (Lipinski definition) is 2. The Morgan fingerprint density at radius 3 is 2.38 bits per heavy atom. The summed E-state index contributed by atoms with van der Waals surface area (Å²) < 4.78 is 41.7. The molecule has 10 heteroatoms. The van der Waals surface area contributed by atoms with E-state index >= 15 is 8.78 Å². The summed E-state index contributed by atoms with van der Waals surface area (Å²) in [5.41, 5.74) is -1.57. The van der Waals surface area contributed by atoms with Crippen molar-refractivity contribution in [2.75, 3.05) is 19.0 Å². The molecule has 0 radical (unpaired) electrons. The molecule has 0 fully saturated rings. The van der Waals surface area contributed by atoms with Gasteiger partial charge in [-0.2, -0.15) is 14.0 Å². The van der Waals surface area contributed by atoms with Gasteiger partial charge in [0.25, 0.3) is 0 Å². The first kappa shape index (κ1) is 24.4. The van der Waals surface area contributed by atoms with Gasteiger partial charge < -0.3 is 19.9 Å². The van der Waals surface area contributed by atoms with Crippen LogP contribution in [0.2, 0.25) is 5.02 Å². The number of methoxy groups -OCH3 is 1. The van der Waals surface area contributed by atoms with Crippen LogP contribution in [-0.4, -0.2) is 24.7 Å². The Hall–Kier alpha value is -3.82. The lowest BCUT2D eigenvalue weighted by Gasteiger charge is -2.29. The number of aliphatic hydroxyl groups excluding tert-OH is 1. The van der Waals surface area contributed by atoms with Crippen LogP contribution in [0.25, 0.3) is 4.98 Å². The first-order chi connectivity index (χ1) is 15.3. The zero-order valence-electron chi connectivity index (χ0n) is 17.2. The van der Waals surface area contributed by atoms with Gasteiger partial charge in [0.15, 0.2) is 4.98 Å². The molecule has 0 aliphatic rings. The van der Waals surface area contributed by atoms with Crippen LogP contribution in [0.15, 0.2) is 71.8 Å². The van der Waals surface area contributed by atoms with Crippen LogP contribution in [-0.2, 0) is 4.74 Å². The highest BCUT2D eigenvalue weighted by Gasteiger charge is 2.52. The lowest BCUT2D eigenvalue weighted by molar-refractivity contribution is 0.0197. The predicted octanol–water partition coefficient (Wildman–Crippen LogP) is 6.20. The first-order valence-corrected chi connectivity index (χ1v) is 9.71. The molecule has 32 heavy (non-hydrogen) atoms. The van der Waals surface area contributed by atoms with Crippen molar-refractivity contribution in [2.24, 2.45) is 0 Å². The minimum Gasteiger partial charge on any atom is -0.497 e. The Morgan fingerprint density at radius 2 is 1.88 bits per heavy atom. The topological polar surface area (TPSA) is 103 Å². The summed E-state index contributed by atoms with van der Waals surface area (Å²) in [5.74, 6) is -4.38. The third-order valence-corrected chi connectivity index (χ3v) is 4.63. The molecule has 7 nitrogen and oxygen atoms in total. The van der Waals surface area contributed by atoms with Gasteiger partial charge in [0, 0.05) is 16.8 Å². The predicted molar refractivity (Wildman–Crippen MR) is 116 cm³/mol. The van der Waals surface area contributed by atoms with E-state index in [-0.39, 0.29) is 12.2 Å². The molecule has 1 atom stereocenters. The van der Waals surface area contributed by atoms with Gasteiger partial charge in [-0.3, -0.25) is 0 Å². The first-order valence-electron chi connectivity index (χ1n) is 9.34. The summed E-state index contributed by atoms with van der Waals surface area (Å²) in [6.07, 6.45) is 0.489. The maximum Gasteiger partial charge on any atom is 0.473 e. The van der Waals surface area contributed by atoms with Crippen molar-refractivity contribution in [3.8, 4) is 11.8 Å². The number of rotatable bonds is 9. The molecule has 0 saturated carbocycles. The van der Waals surface area contributed by atoms with E-state index in [4.69, 9.17) is 26.3 Å². The Kier molecular flexibility index (Phi) is 8.39. The van der Waals surface area contributed by atoms with Crippen molar-refractivity contribution in [3.05, 3.63) is 87.4 Å². The maximum atomic E-state index is 15.9. The van der Waals surface area contributed by atoms with E-state index in [1.165, 1.54) is 56.5 Å². The molecule has 0 aliphatic heterocycles. The molecular formula is C22H20ClF2N4O3+. The Bertz CT molecular complexity index is 1070. The lowest BCUT2D eigenvalue weighted by Crippen LogP contribution is -2.35. The minimum absolute atomic E-state index is 0.0824. The molecule has 0 aliphatic carbocycles. The molecule has 0 heterocycles. The number of hydrogen-bond acceptors (Lipinski definition) is 6. The van der Waals surface area contributed by atoms with E-state index in [0.717, 1.165) is 0 Å². The van der Waals surface area contributed by atoms with Gasteiger partial charge in [-0.15, -0.1) is 0 Å². The monoisotopic (exact) mass is 461 g/mol. The zero-order chi connectivity index (χ0) is 23.7. The molecule has 2 N–H and O–H groups in total. The number of ether oxygens (including phenoxy) is 2. The molecule has 0 amide bonds. The third kappa shape index (κ3) is 5.65. The van der Waals surface area contributed by atoms with Crippen LogP contribution in [0.1, 0.15) is 18.5 Å². The molecular weight excluding hydrogens is 442 g/mol. The fourth-order valence-electron chi connectivity index (χ4n) is 2.85. The van der Waals surface area contributed by atoms with E-state index in [0.29, 0.717) is 22.5 Å². The SMILES string of the molecule is CCO/C(O)=C([N+]#N)/C(=C\C#N)C(F)(F)C(Nc1ccc(OC)cc1)c1ccc(Cl)cc1. The number of diazo groups is 1. The lowest BCUT2D eigenvalue weighted by atomic mass is 9.92. The molecule has 2 aromatic rings. The number of anilines is 1. The molecule has 1 unspecified atom stereocenters. The second-order valence-electron chi connectivity index (χ2n) is 6.35. The number of benzene rings is 2. The van der Waals surface area contributed by atoms with Gasteiger partial charge in [0.1, 0.15) is 17.4 Å². The average molecular weight is 462 g/mol. The molecule has 0 aromatic heterocycles. The van der Waals surface area contributed by atoms with Crippen LogP contribution in [0, 0.1) is 16.7 Å². The van der Waals surface area contributed by atoms with E-state index in [1.807, 2.05) is 0 Å². The summed E-state index contributed by atoms with van der Waals surface area (Å²) >= 11 is 5.90. The number of nitriles is 1. The third-order valence-electron chi connectivity index (χ3n) is 4.37. The summed E-state index contributed by atoms with van der Waals surface area (Å²) in [7, 11) is 1.48. The second kappa shape index (κ2) is 11.0. The summed E-state index contributed by atoms with van der Waals surface area (Å²) in [5, 5.41) is 31.5. The van der Waals surface area contributed by atoms with Crippen LogP contribution < -0.4 is 10.1 Å². The van der Waals surface area contributed by atoms with Crippen molar-refractivity contribution in [3.63, 3.8) is 0 Å². The van der Waals surface area contributed by atoms with Gasteiger partial charge in [-0.25, -0.2) is 0 Å². The summed E-state index contributed by atoms with van der Waals surface area (Å²) in [6, 6.07) is 11.7. The van der Waals surface area contributed by atoms with Gasteiger partial charge in [-0.05, 0) is 48.9 Å². The van der Waals surface area contributed by atoms with Crippen molar-refractivity contribution in [1.29, 1.82) is 10.7 Å². The maximum absolute atomic E-state index is 15.9. The molecule has 0 saturated heterocycles. The molecule has 2 aromatic carbocycles. The number of allylic oxidation sites excluding steroid dienone is 2. The zero-order valence-corrected chi connectivity index (χ0v) is 18.0. The minimum atomic E-state index is -3.86. The van der Waals surface area contributed by atoms with Crippen LogP contribution in [0.5, 0.6) is 5.75 Å². The fourth-order valence-corrected chi connectivity index (χ4v) is 2.98. The van der Waals surface area contributed by atoms with Crippen molar-refractivity contribution >= 4 is 17.3 Å². The fraction of sp³-hybridized carbons (Fsp3) is 0.227. The summed E-state index contributed by atoms with van der Waals surface area (Å²) in [6.45, 7) is 1.42.